The maximum atomic E-state index is 11.0. The van der Waals surface area contributed by atoms with Crippen LogP contribution in [0, 0.1) is 0 Å². The Hall–Kier alpha value is -2.83. The summed E-state index contributed by atoms with van der Waals surface area (Å²) in [6.45, 7) is 0.159. The highest BCUT2D eigenvalue weighted by Crippen LogP contribution is 2.36. The minimum absolute atomic E-state index is 0.0265. The number of nitrogens with zero attached hydrogens (tertiary/aromatic N) is 2. The lowest BCUT2D eigenvalue weighted by Crippen LogP contribution is -2.02. The lowest BCUT2D eigenvalue weighted by atomic mass is 10.3. The average molecular weight is 260 g/mol. The molecule has 2 heterocycles. The second-order valence-corrected chi connectivity index (χ2v) is 3.66. The van der Waals surface area contributed by atoms with Gasteiger partial charge in [-0.3, -0.25) is 0 Å². The van der Waals surface area contributed by atoms with Gasteiger partial charge in [0.2, 0.25) is 12.7 Å². The lowest BCUT2D eigenvalue weighted by Gasteiger charge is -2.07. The van der Waals surface area contributed by atoms with E-state index in [4.69, 9.17) is 19.3 Å². The van der Waals surface area contributed by atoms with Crippen LogP contribution in [0.3, 0.4) is 0 Å². The van der Waals surface area contributed by atoms with Crippen molar-refractivity contribution in [3.05, 3.63) is 36.3 Å². The van der Waals surface area contributed by atoms with Gasteiger partial charge in [-0.05, 0) is 12.1 Å². The van der Waals surface area contributed by atoms with Crippen LogP contribution >= 0.6 is 0 Å². The summed E-state index contributed by atoms with van der Waals surface area (Å²) in [5.74, 6) is 0.389. The maximum Gasteiger partial charge on any atom is 0.342 e. The van der Waals surface area contributed by atoms with Gasteiger partial charge in [-0.2, -0.15) is 0 Å². The predicted octanol–water partition coefficient (Wildman–Crippen LogP) is 1.70. The molecule has 0 aliphatic carbocycles. The van der Waals surface area contributed by atoms with Gasteiger partial charge < -0.3 is 19.3 Å². The minimum atomic E-state index is -1.16. The van der Waals surface area contributed by atoms with Crippen molar-refractivity contribution in [3.8, 4) is 23.1 Å². The van der Waals surface area contributed by atoms with E-state index < -0.39 is 5.97 Å². The number of hydrogen-bond donors (Lipinski definition) is 1. The van der Waals surface area contributed by atoms with Crippen molar-refractivity contribution in [1.82, 2.24) is 9.97 Å². The van der Waals surface area contributed by atoms with Crippen molar-refractivity contribution in [2.75, 3.05) is 6.79 Å². The standard InChI is InChI=1S/C12H8N2O5/c15-12(16)8-4-13-5-14-11(8)19-7-1-2-9-10(3-7)18-6-17-9/h1-5H,6H2,(H,15,16). The first-order valence-electron chi connectivity index (χ1n) is 5.35. The fourth-order valence-corrected chi connectivity index (χ4v) is 1.60. The van der Waals surface area contributed by atoms with Crippen molar-refractivity contribution in [3.63, 3.8) is 0 Å². The Morgan fingerprint density at radius 1 is 1.32 bits per heavy atom. The molecule has 19 heavy (non-hydrogen) atoms. The fourth-order valence-electron chi connectivity index (χ4n) is 1.60. The van der Waals surface area contributed by atoms with E-state index in [9.17, 15) is 4.79 Å². The Morgan fingerprint density at radius 3 is 3.00 bits per heavy atom. The van der Waals surface area contributed by atoms with Gasteiger partial charge in [0.15, 0.2) is 11.5 Å². The average Bonchev–Trinajstić information content (AvgIpc) is 2.86. The summed E-state index contributed by atoms with van der Waals surface area (Å²) in [4.78, 5) is 18.4. The molecule has 1 N–H and O–H groups in total. The van der Waals surface area contributed by atoms with Crippen molar-refractivity contribution >= 4 is 5.97 Å². The number of carbonyl (C=O) groups is 1. The molecule has 1 aromatic carbocycles. The van der Waals surface area contributed by atoms with Crippen LogP contribution in [-0.4, -0.2) is 27.8 Å². The molecular formula is C12H8N2O5. The maximum absolute atomic E-state index is 11.0. The summed E-state index contributed by atoms with van der Waals surface area (Å²) in [5, 5.41) is 8.99. The Kier molecular flexibility index (Phi) is 2.64. The van der Waals surface area contributed by atoms with Gasteiger partial charge in [0.25, 0.3) is 0 Å². The normalized spacial score (nSPS) is 12.2. The fraction of sp³-hybridized carbons (Fsp3) is 0.0833. The van der Waals surface area contributed by atoms with Gasteiger partial charge in [0.05, 0.1) is 0 Å². The largest absolute Gasteiger partial charge is 0.477 e. The Balaban J connectivity index is 1.91. The first-order chi connectivity index (χ1) is 9.24. The lowest BCUT2D eigenvalue weighted by molar-refractivity contribution is 0.0693. The molecule has 0 spiro atoms. The van der Waals surface area contributed by atoms with E-state index in [1.807, 2.05) is 0 Å². The molecule has 1 aliphatic heterocycles. The molecule has 1 aromatic heterocycles. The number of aromatic carboxylic acids is 1. The van der Waals surface area contributed by atoms with Crippen LogP contribution in [0.1, 0.15) is 10.4 Å². The number of fused-ring (bicyclic) bond motifs is 1. The summed E-state index contributed by atoms with van der Waals surface area (Å²) < 4.78 is 15.8. The van der Waals surface area contributed by atoms with Crippen molar-refractivity contribution in [2.24, 2.45) is 0 Å². The van der Waals surface area contributed by atoms with E-state index in [0.29, 0.717) is 17.2 Å². The number of hydrogen-bond acceptors (Lipinski definition) is 6. The van der Waals surface area contributed by atoms with Crippen LogP contribution in [0.25, 0.3) is 0 Å². The predicted molar refractivity (Wildman–Crippen MR) is 61.6 cm³/mol. The number of benzene rings is 1. The van der Waals surface area contributed by atoms with Crippen LogP contribution in [0.5, 0.6) is 23.1 Å². The molecule has 0 fully saturated rings. The molecule has 3 rings (SSSR count). The molecule has 7 nitrogen and oxygen atoms in total. The molecule has 96 valence electrons. The zero-order valence-corrected chi connectivity index (χ0v) is 9.57. The van der Waals surface area contributed by atoms with E-state index >= 15 is 0 Å². The second kappa shape index (κ2) is 4.45. The molecule has 0 bridgehead atoms. The molecule has 0 amide bonds. The van der Waals surface area contributed by atoms with Gasteiger partial charge in [0, 0.05) is 12.3 Å². The van der Waals surface area contributed by atoms with Gasteiger partial charge >= 0.3 is 5.97 Å². The van der Waals surface area contributed by atoms with E-state index in [-0.39, 0.29) is 18.2 Å². The van der Waals surface area contributed by atoms with E-state index in [0.717, 1.165) is 0 Å². The molecule has 2 aromatic rings. The van der Waals surface area contributed by atoms with Gasteiger partial charge in [-0.1, -0.05) is 0 Å². The van der Waals surface area contributed by atoms with Gasteiger partial charge in [0.1, 0.15) is 17.6 Å². The molecule has 0 saturated heterocycles. The smallest absolute Gasteiger partial charge is 0.342 e. The Labute approximate surface area is 107 Å². The molecule has 1 aliphatic rings. The molecule has 0 atom stereocenters. The van der Waals surface area contributed by atoms with Gasteiger partial charge in [-0.25, -0.2) is 14.8 Å². The van der Waals surface area contributed by atoms with E-state index in [2.05, 4.69) is 9.97 Å². The van der Waals surface area contributed by atoms with Crippen LogP contribution in [0.4, 0.5) is 0 Å². The number of carboxylic acid groups (broad SMARTS) is 1. The molecule has 0 unspecified atom stereocenters. The Bertz CT molecular complexity index is 644. The molecular weight excluding hydrogens is 252 g/mol. The third-order valence-corrected chi connectivity index (χ3v) is 2.46. The number of ether oxygens (including phenoxy) is 3. The Morgan fingerprint density at radius 2 is 2.16 bits per heavy atom. The first kappa shape index (κ1) is 11.3. The van der Waals surface area contributed by atoms with Crippen molar-refractivity contribution in [1.29, 1.82) is 0 Å². The van der Waals surface area contributed by atoms with Crippen LogP contribution in [-0.2, 0) is 0 Å². The topological polar surface area (TPSA) is 90.8 Å². The molecule has 0 saturated carbocycles. The number of rotatable bonds is 3. The van der Waals surface area contributed by atoms with Crippen molar-refractivity contribution < 1.29 is 24.1 Å². The number of carboxylic acids is 1. The highest BCUT2D eigenvalue weighted by Gasteiger charge is 2.17. The summed E-state index contributed by atoms with van der Waals surface area (Å²) in [5.41, 5.74) is -0.111. The van der Waals surface area contributed by atoms with Gasteiger partial charge in [-0.15, -0.1) is 0 Å². The monoisotopic (exact) mass is 260 g/mol. The van der Waals surface area contributed by atoms with E-state index in [1.54, 1.807) is 18.2 Å². The second-order valence-electron chi connectivity index (χ2n) is 3.66. The zero-order chi connectivity index (χ0) is 13.2. The third-order valence-electron chi connectivity index (χ3n) is 2.46. The summed E-state index contributed by atoms with van der Waals surface area (Å²) in [7, 11) is 0. The highest BCUT2D eigenvalue weighted by atomic mass is 16.7. The van der Waals surface area contributed by atoms with E-state index in [1.165, 1.54) is 12.5 Å². The SMILES string of the molecule is O=C(O)c1cncnc1Oc1ccc2c(c1)OCO2. The summed E-state index contributed by atoms with van der Waals surface area (Å²) >= 11 is 0. The first-order valence-corrected chi connectivity index (χ1v) is 5.35. The number of aromatic nitrogens is 2. The zero-order valence-electron chi connectivity index (χ0n) is 9.57. The quantitative estimate of drug-likeness (QED) is 0.897. The molecule has 0 radical (unpaired) electrons. The minimum Gasteiger partial charge on any atom is -0.477 e. The van der Waals surface area contributed by atoms with Crippen LogP contribution in [0.15, 0.2) is 30.7 Å². The third kappa shape index (κ3) is 2.13. The summed E-state index contributed by atoms with van der Waals surface area (Å²) in [6, 6.07) is 4.93. The van der Waals surface area contributed by atoms with Crippen molar-refractivity contribution in [2.45, 2.75) is 0 Å². The highest BCUT2D eigenvalue weighted by molar-refractivity contribution is 5.89. The molecule has 7 heteroatoms. The summed E-state index contributed by atoms with van der Waals surface area (Å²) in [6.07, 6.45) is 2.40. The van der Waals surface area contributed by atoms with Crippen LogP contribution < -0.4 is 14.2 Å². The van der Waals surface area contributed by atoms with Crippen LogP contribution in [0.2, 0.25) is 0 Å².